The minimum absolute atomic E-state index is 0.573. The van der Waals surface area contributed by atoms with Gasteiger partial charge >= 0.3 is 0 Å². The van der Waals surface area contributed by atoms with E-state index in [9.17, 15) is 0 Å². The molecular weight excluding hydrogens is 313 g/mol. The van der Waals surface area contributed by atoms with Crippen LogP contribution < -0.4 is 0 Å². The number of hydrogen-bond acceptors (Lipinski definition) is 5. The average molecular weight is 319 g/mol. The van der Waals surface area contributed by atoms with E-state index in [-0.39, 0.29) is 0 Å². The summed E-state index contributed by atoms with van der Waals surface area (Å²) in [6, 6.07) is 0. The Morgan fingerprint density at radius 3 is 2.64 bits per heavy atom. The Morgan fingerprint density at radius 1 is 1.36 bits per heavy atom. The second kappa shape index (κ2) is 4.26. The van der Waals surface area contributed by atoms with Crippen LogP contribution in [0, 0.1) is 10.5 Å². The van der Waals surface area contributed by atoms with Gasteiger partial charge in [-0.15, -0.1) is 0 Å². The fourth-order valence-electron chi connectivity index (χ4n) is 0.810. The van der Waals surface area contributed by atoms with Crippen LogP contribution in [-0.4, -0.2) is 15.0 Å². The Kier molecular flexibility index (Phi) is 3.02. The summed E-state index contributed by atoms with van der Waals surface area (Å²) < 4.78 is 6.18. The van der Waals surface area contributed by atoms with Gasteiger partial charge in [0, 0.05) is 27.7 Å². The fourth-order valence-corrected chi connectivity index (χ4v) is 1.74. The number of aromatic nitrogens is 3. The first kappa shape index (κ1) is 9.91. The third-order valence-electron chi connectivity index (χ3n) is 1.37. The van der Waals surface area contributed by atoms with Crippen LogP contribution >= 0.6 is 34.4 Å². The van der Waals surface area contributed by atoms with Gasteiger partial charge in [0.05, 0.1) is 5.69 Å². The maximum absolute atomic E-state index is 5.17. The lowest BCUT2D eigenvalue weighted by atomic mass is 10.6. The monoisotopic (exact) mass is 319 g/mol. The van der Waals surface area contributed by atoms with Gasteiger partial charge in [-0.25, -0.2) is 15.0 Å². The van der Waals surface area contributed by atoms with E-state index in [4.69, 9.17) is 4.42 Å². The lowest BCUT2D eigenvalue weighted by molar-refractivity contribution is 0.453. The minimum Gasteiger partial charge on any atom is -0.439 e. The van der Waals surface area contributed by atoms with Crippen LogP contribution in [0.1, 0.15) is 5.69 Å². The quantitative estimate of drug-likeness (QED) is 0.629. The maximum atomic E-state index is 5.17. The molecule has 0 atom stereocenters. The van der Waals surface area contributed by atoms with E-state index in [2.05, 4.69) is 37.5 Å². The third-order valence-corrected chi connectivity index (χ3v) is 2.69. The molecule has 6 heteroatoms. The molecule has 0 amide bonds. The summed E-state index contributed by atoms with van der Waals surface area (Å²) in [5.41, 5.74) is 0.859. The molecule has 0 aliphatic carbocycles. The van der Waals surface area contributed by atoms with Crippen molar-refractivity contribution in [2.45, 2.75) is 17.3 Å². The van der Waals surface area contributed by atoms with Gasteiger partial charge in [0.1, 0.15) is 6.26 Å². The summed E-state index contributed by atoms with van der Waals surface area (Å²) in [5, 5.41) is 1.22. The Labute approximate surface area is 98.7 Å². The van der Waals surface area contributed by atoms with Gasteiger partial charge in [-0.1, -0.05) is 0 Å². The molecule has 14 heavy (non-hydrogen) atoms. The van der Waals surface area contributed by atoms with Crippen LogP contribution in [-0.2, 0) is 0 Å². The summed E-state index contributed by atoms with van der Waals surface area (Å²) >= 11 is 3.47. The lowest BCUT2D eigenvalue weighted by Crippen LogP contribution is -1.86. The molecule has 0 spiro atoms. The predicted octanol–water partition coefficient (Wildman–Crippen LogP) is 2.53. The van der Waals surface area contributed by atoms with E-state index >= 15 is 0 Å². The molecule has 0 aliphatic rings. The second-order valence-corrected chi connectivity index (χ2v) is 4.70. The molecule has 0 saturated heterocycles. The Hall–Kier alpha value is -0.630. The van der Waals surface area contributed by atoms with Crippen molar-refractivity contribution in [1.29, 1.82) is 0 Å². The number of nitrogens with zero attached hydrogens (tertiary/aromatic N) is 3. The van der Waals surface area contributed by atoms with Crippen molar-refractivity contribution in [1.82, 2.24) is 15.0 Å². The maximum Gasteiger partial charge on any atom is 0.263 e. The van der Waals surface area contributed by atoms with Gasteiger partial charge in [0.2, 0.25) is 0 Å². The molecule has 0 saturated carbocycles. The zero-order valence-corrected chi connectivity index (χ0v) is 10.2. The zero-order chi connectivity index (χ0) is 9.97. The molecule has 2 heterocycles. The summed E-state index contributed by atoms with van der Waals surface area (Å²) in [4.78, 5) is 12.4. The molecule has 2 rings (SSSR count). The van der Waals surface area contributed by atoms with E-state index in [0.717, 1.165) is 9.26 Å². The van der Waals surface area contributed by atoms with Crippen LogP contribution in [0.2, 0.25) is 0 Å². The minimum atomic E-state index is 0.573. The van der Waals surface area contributed by atoms with Crippen molar-refractivity contribution < 1.29 is 4.42 Å². The van der Waals surface area contributed by atoms with E-state index < -0.39 is 0 Å². The number of oxazole rings is 1. The number of hydrogen-bond donors (Lipinski definition) is 0. The van der Waals surface area contributed by atoms with Crippen molar-refractivity contribution in [3.8, 4) is 0 Å². The van der Waals surface area contributed by atoms with Crippen LogP contribution in [0.4, 0.5) is 0 Å². The fraction of sp³-hybridized carbons (Fsp3) is 0.125. The van der Waals surface area contributed by atoms with Crippen molar-refractivity contribution in [3.63, 3.8) is 0 Å². The molecule has 0 aliphatic heterocycles. The highest BCUT2D eigenvalue weighted by atomic mass is 127. The van der Waals surface area contributed by atoms with Gasteiger partial charge in [-0.2, -0.15) is 0 Å². The molecule has 0 unspecified atom stereocenters. The summed E-state index contributed by atoms with van der Waals surface area (Å²) in [6.07, 6.45) is 5.12. The highest BCUT2D eigenvalue weighted by Crippen LogP contribution is 2.23. The largest absolute Gasteiger partial charge is 0.439 e. The molecule has 4 nitrogen and oxygen atoms in total. The molecule has 72 valence electrons. The topological polar surface area (TPSA) is 51.8 Å². The molecular formula is C8H6IN3OS. The summed E-state index contributed by atoms with van der Waals surface area (Å²) in [6.45, 7) is 1.88. The highest BCUT2D eigenvalue weighted by molar-refractivity contribution is 14.1. The lowest BCUT2D eigenvalue weighted by Gasteiger charge is -1.93. The summed E-state index contributed by atoms with van der Waals surface area (Å²) in [5.74, 6) is 0. The number of aryl methyl sites for hydroxylation is 1. The van der Waals surface area contributed by atoms with Gasteiger partial charge < -0.3 is 4.42 Å². The molecule has 0 bridgehead atoms. The zero-order valence-electron chi connectivity index (χ0n) is 7.27. The Balaban J connectivity index is 2.15. The van der Waals surface area contributed by atoms with Gasteiger partial charge in [-0.3, -0.25) is 0 Å². The molecule has 0 radical (unpaired) electrons. The van der Waals surface area contributed by atoms with Crippen molar-refractivity contribution >= 4 is 34.4 Å². The molecule has 2 aromatic heterocycles. The number of rotatable bonds is 2. The first-order valence-electron chi connectivity index (χ1n) is 3.81. The van der Waals surface area contributed by atoms with Crippen molar-refractivity contribution in [2.75, 3.05) is 0 Å². The van der Waals surface area contributed by atoms with Gasteiger partial charge in [0.15, 0.2) is 5.16 Å². The molecule has 0 aromatic carbocycles. The normalized spacial score (nSPS) is 10.4. The molecule has 0 N–H and O–H groups in total. The van der Waals surface area contributed by atoms with Gasteiger partial charge in [0.25, 0.3) is 5.22 Å². The van der Waals surface area contributed by atoms with Crippen molar-refractivity contribution in [3.05, 3.63) is 27.9 Å². The average Bonchev–Trinajstić information content (AvgIpc) is 2.56. The summed E-state index contributed by atoms with van der Waals surface area (Å²) in [7, 11) is 0. The van der Waals surface area contributed by atoms with E-state index in [1.165, 1.54) is 11.8 Å². The number of halogens is 1. The van der Waals surface area contributed by atoms with Gasteiger partial charge in [-0.05, 0) is 29.5 Å². The third kappa shape index (κ3) is 2.44. The van der Waals surface area contributed by atoms with Crippen molar-refractivity contribution in [2.24, 2.45) is 0 Å². The van der Waals surface area contributed by atoms with E-state index in [0.29, 0.717) is 10.4 Å². The highest BCUT2D eigenvalue weighted by Gasteiger charge is 2.05. The Bertz CT molecular complexity index is 428. The standard InChI is InChI=1S/C8H6IN3OS/c1-5-4-13-8(12-5)14-7-10-2-6(9)3-11-7/h2-4H,1H3. The second-order valence-electron chi connectivity index (χ2n) is 2.54. The predicted molar refractivity (Wildman–Crippen MR) is 60.1 cm³/mol. The first-order valence-corrected chi connectivity index (χ1v) is 5.71. The Morgan fingerprint density at radius 2 is 2.07 bits per heavy atom. The SMILES string of the molecule is Cc1coc(Sc2ncc(I)cn2)n1. The van der Waals surface area contributed by atoms with E-state index in [1.807, 2.05) is 6.92 Å². The van der Waals surface area contributed by atoms with E-state index in [1.54, 1.807) is 18.7 Å². The van der Waals surface area contributed by atoms with Crippen LogP contribution in [0.3, 0.4) is 0 Å². The van der Waals surface area contributed by atoms with Crippen LogP contribution in [0.5, 0.6) is 0 Å². The van der Waals surface area contributed by atoms with Crippen LogP contribution in [0.25, 0.3) is 0 Å². The molecule has 2 aromatic rings. The molecule has 0 fully saturated rings. The van der Waals surface area contributed by atoms with Crippen LogP contribution in [0.15, 0.2) is 33.5 Å². The smallest absolute Gasteiger partial charge is 0.263 e. The first-order chi connectivity index (χ1) is 6.74.